The molecule has 6 rings (SSSR count). The zero-order valence-corrected chi connectivity index (χ0v) is 29.0. The van der Waals surface area contributed by atoms with Crippen molar-refractivity contribution in [3.63, 3.8) is 0 Å². The van der Waals surface area contributed by atoms with Gasteiger partial charge in [0.25, 0.3) is 0 Å². The smallest absolute Gasteiger partial charge is 0.372 e. The summed E-state index contributed by atoms with van der Waals surface area (Å²) in [5.41, 5.74) is 0.553. The molecule has 3 N–H and O–H groups in total. The number of primary sulfonamides is 1. The van der Waals surface area contributed by atoms with Crippen molar-refractivity contribution in [2.45, 2.75) is 47.7 Å². The molecule has 0 aliphatic carbocycles. The highest BCUT2D eigenvalue weighted by molar-refractivity contribution is 8.00. The summed E-state index contributed by atoms with van der Waals surface area (Å²) >= 11 is 1.76. The normalized spacial score (nSPS) is 18.9. The zero-order valence-electron chi connectivity index (χ0n) is 26.5. The van der Waals surface area contributed by atoms with E-state index >= 15 is 0 Å². The number of halogens is 3. The minimum absolute atomic E-state index is 0.157. The van der Waals surface area contributed by atoms with Crippen molar-refractivity contribution in [1.82, 2.24) is 4.57 Å². The van der Waals surface area contributed by atoms with Crippen molar-refractivity contribution >= 4 is 67.9 Å². The molecule has 17 heteroatoms. The lowest BCUT2D eigenvalue weighted by atomic mass is 9.83. The number of sulfonamides is 1. The first kappa shape index (κ1) is 35.4. The van der Waals surface area contributed by atoms with Crippen LogP contribution in [0.15, 0.2) is 87.5 Å². The van der Waals surface area contributed by atoms with E-state index in [0.29, 0.717) is 15.5 Å². The van der Waals surface area contributed by atoms with E-state index < -0.39 is 68.0 Å². The number of carbonyl (C=O) groups is 3. The van der Waals surface area contributed by atoms with E-state index in [1.54, 1.807) is 0 Å². The van der Waals surface area contributed by atoms with Crippen LogP contribution in [0.1, 0.15) is 35.8 Å². The fraction of sp³-hybridized carbons (Fsp3) is 0.273. The van der Waals surface area contributed by atoms with Gasteiger partial charge in [-0.25, -0.2) is 18.5 Å². The predicted octanol–water partition coefficient (Wildman–Crippen LogP) is 4.86. The molecule has 1 fully saturated rings. The monoisotopic (exact) mass is 745 g/mol. The van der Waals surface area contributed by atoms with Gasteiger partial charge in [-0.3, -0.25) is 23.7 Å². The number of nitrogens with zero attached hydrogens (tertiary/aromatic N) is 3. The van der Waals surface area contributed by atoms with Crippen molar-refractivity contribution in [3.05, 3.63) is 98.5 Å². The summed E-state index contributed by atoms with van der Waals surface area (Å²) in [4.78, 5) is 57.4. The van der Waals surface area contributed by atoms with E-state index in [0.717, 1.165) is 65.0 Å². The average Bonchev–Trinajstić information content (AvgIpc) is 3.51. The van der Waals surface area contributed by atoms with Crippen LogP contribution in [0.2, 0.25) is 0 Å². The average molecular weight is 746 g/mol. The van der Waals surface area contributed by atoms with E-state index in [1.165, 1.54) is 34.9 Å². The van der Waals surface area contributed by atoms with E-state index in [1.807, 2.05) is 38.1 Å². The summed E-state index contributed by atoms with van der Waals surface area (Å²) in [6, 6.07) is 16.5. The first-order valence-corrected chi connectivity index (χ1v) is 18.6. The molecule has 2 aliphatic heterocycles. The molecule has 3 aromatic carbocycles. The number of thiazole rings is 1. The summed E-state index contributed by atoms with van der Waals surface area (Å²) < 4.78 is 65.2. The highest BCUT2D eigenvalue weighted by atomic mass is 32.2. The van der Waals surface area contributed by atoms with Crippen LogP contribution in [0.25, 0.3) is 0 Å². The Morgan fingerprint density at radius 3 is 2.22 bits per heavy atom. The molecule has 0 spiro atoms. The molecule has 0 bridgehead atoms. The highest BCUT2D eigenvalue weighted by Crippen LogP contribution is 2.54. The van der Waals surface area contributed by atoms with Crippen molar-refractivity contribution in [3.8, 4) is 0 Å². The summed E-state index contributed by atoms with van der Waals surface area (Å²) in [5.74, 6) is -3.92. The van der Waals surface area contributed by atoms with Crippen molar-refractivity contribution in [2.24, 2.45) is 11.1 Å². The van der Waals surface area contributed by atoms with Crippen molar-refractivity contribution in [2.75, 3.05) is 28.2 Å². The molecule has 0 radical (unpaired) electrons. The number of nitrogens with one attached hydrogen (secondary N) is 1. The van der Waals surface area contributed by atoms with Gasteiger partial charge >= 0.3 is 11.0 Å². The van der Waals surface area contributed by atoms with Crippen LogP contribution in [-0.4, -0.2) is 49.0 Å². The molecule has 50 heavy (non-hydrogen) atoms. The van der Waals surface area contributed by atoms with E-state index in [9.17, 15) is 40.8 Å². The number of hydrogen-bond donors (Lipinski definition) is 2. The van der Waals surface area contributed by atoms with Crippen LogP contribution in [-0.2, 0) is 37.1 Å². The summed E-state index contributed by atoms with van der Waals surface area (Å²) in [7, 11) is -3.96. The number of nitrogens with two attached hydrogens (primary N) is 1. The molecule has 3 atom stereocenters. The maximum Gasteiger partial charge on any atom is 0.416 e. The van der Waals surface area contributed by atoms with Gasteiger partial charge in [0.05, 0.1) is 27.1 Å². The Balaban J connectivity index is 1.39. The van der Waals surface area contributed by atoms with E-state index in [4.69, 9.17) is 5.14 Å². The molecule has 2 aliphatic rings. The second kappa shape index (κ2) is 13.4. The number of amides is 3. The molecule has 3 heterocycles. The maximum absolute atomic E-state index is 14.1. The van der Waals surface area contributed by atoms with E-state index in [2.05, 4.69) is 10.2 Å². The second-order valence-electron chi connectivity index (χ2n) is 11.6. The molecule has 262 valence electrons. The summed E-state index contributed by atoms with van der Waals surface area (Å²) in [6.07, 6.45) is -4.70. The fourth-order valence-corrected chi connectivity index (χ4v) is 9.53. The van der Waals surface area contributed by atoms with Gasteiger partial charge in [-0.05, 0) is 74.0 Å². The van der Waals surface area contributed by atoms with Gasteiger partial charge in [-0.1, -0.05) is 41.3 Å². The lowest BCUT2D eigenvalue weighted by molar-refractivity contribution is -0.137. The molecule has 3 unspecified atom stereocenters. The fourth-order valence-electron chi connectivity index (χ4n) is 6.24. The number of benzene rings is 3. The van der Waals surface area contributed by atoms with Crippen molar-refractivity contribution < 1.29 is 36.0 Å². The molecule has 1 saturated heterocycles. The number of aromatic nitrogens is 1. The molecule has 11 nitrogen and oxygen atoms in total. The first-order valence-electron chi connectivity index (χ1n) is 15.3. The van der Waals surface area contributed by atoms with Gasteiger partial charge in [0.1, 0.15) is 11.8 Å². The van der Waals surface area contributed by atoms with Crippen LogP contribution in [0.3, 0.4) is 0 Å². The number of imide groups is 1. The highest BCUT2D eigenvalue weighted by Gasteiger charge is 2.57. The van der Waals surface area contributed by atoms with Crippen LogP contribution in [0.5, 0.6) is 0 Å². The maximum atomic E-state index is 14.1. The number of thioether (sulfide) groups is 1. The van der Waals surface area contributed by atoms with Gasteiger partial charge in [0.2, 0.25) is 27.7 Å². The Hall–Kier alpha value is -4.45. The van der Waals surface area contributed by atoms with Gasteiger partial charge < -0.3 is 10.2 Å². The second-order valence-corrected chi connectivity index (χ2v) is 15.3. The van der Waals surface area contributed by atoms with Crippen LogP contribution < -0.4 is 25.1 Å². The van der Waals surface area contributed by atoms with Crippen molar-refractivity contribution in [1.29, 1.82) is 0 Å². The Morgan fingerprint density at radius 2 is 1.62 bits per heavy atom. The topological polar surface area (TPSA) is 152 Å². The number of fused-ring (bicyclic) bond motifs is 2. The number of alkyl halides is 3. The third-order valence-corrected chi connectivity index (χ3v) is 12.2. The lowest BCUT2D eigenvalue weighted by Gasteiger charge is -2.31. The predicted molar refractivity (Wildman–Crippen MR) is 184 cm³/mol. The number of anilines is 3. The van der Waals surface area contributed by atoms with Gasteiger partial charge in [0, 0.05) is 35.3 Å². The van der Waals surface area contributed by atoms with Gasteiger partial charge in [-0.2, -0.15) is 13.2 Å². The Morgan fingerprint density at radius 1 is 0.960 bits per heavy atom. The quantitative estimate of drug-likeness (QED) is 0.231. The largest absolute Gasteiger partial charge is 0.416 e. The Bertz CT molecular complexity index is 2150. The SMILES string of the molecule is CCN(CC)c1ccc(C2c3sc(=O)n(CC(=O)Nc4ccc(S(N)(=O)=O)cc4)c3SC3C(=O)N(c4cccc(C(F)(F)F)c4)C(=O)C32)cc1. The zero-order chi connectivity index (χ0) is 36.1. The molecular formula is C33H30F3N5O6S3. The van der Waals surface area contributed by atoms with Crippen LogP contribution in [0, 0.1) is 5.92 Å². The number of carbonyl (C=O) groups excluding carboxylic acids is 3. The number of hydrogen-bond acceptors (Lipinski definition) is 9. The molecule has 1 aromatic heterocycles. The molecule has 3 amide bonds. The van der Waals surface area contributed by atoms with E-state index in [-0.39, 0.29) is 16.3 Å². The Kier molecular flexibility index (Phi) is 9.45. The van der Waals surface area contributed by atoms with Crippen LogP contribution >= 0.6 is 23.1 Å². The first-order chi connectivity index (χ1) is 23.6. The number of rotatable bonds is 9. The van der Waals surface area contributed by atoms with Gasteiger partial charge in [0.15, 0.2) is 0 Å². The summed E-state index contributed by atoms with van der Waals surface area (Å²) in [5, 5.41) is 6.94. The minimum atomic E-state index is -4.70. The standard InChI is InChI=1S/C33H30F3N5O6S3/c1-3-39(4-2)21-12-8-18(9-13-21)25-26-27(30(44)41(29(26)43)22-7-5-6-19(16-22)33(34,35)36)48-31-28(25)49-32(45)40(31)17-24(42)38-20-10-14-23(15-11-20)50(37,46)47/h5-16,25-27H,3-4,17H2,1-2H3,(H,38,42)(H2,37,46,47). The minimum Gasteiger partial charge on any atom is -0.372 e. The van der Waals surface area contributed by atoms with Crippen LogP contribution in [0.4, 0.5) is 30.2 Å². The third-order valence-electron chi connectivity index (χ3n) is 8.63. The molecular weight excluding hydrogens is 716 g/mol. The molecule has 4 aromatic rings. The molecule has 0 saturated carbocycles. The third kappa shape index (κ3) is 6.57. The van der Waals surface area contributed by atoms with Gasteiger partial charge in [-0.15, -0.1) is 0 Å². The Labute approximate surface area is 292 Å². The lowest BCUT2D eigenvalue weighted by Crippen LogP contribution is -2.33. The summed E-state index contributed by atoms with van der Waals surface area (Å²) in [6.45, 7) is 5.03.